The number of benzene rings is 2. The summed E-state index contributed by atoms with van der Waals surface area (Å²) in [6.07, 6.45) is 18.3. The molecule has 2 aromatic carbocycles. The highest BCUT2D eigenvalue weighted by molar-refractivity contribution is 6.02. The van der Waals surface area contributed by atoms with Gasteiger partial charge in [-0.3, -0.25) is 29.3 Å². The number of aliphatic carboxylic acids is 1. The maximum Gasteiger partial charge on any atom is 0.336 e. The Bertz CT molecular complexity index is 1380. The number of anilines is 2. The van der Waals surface area contributed by atoms with E-state index >= 15 is 0 Å². The van der Waals surface area contributed by atoms with Crippen LogP contribution in [0.3, 0.4) is 0 Å². The van der Waals surface area contributed by atoms with Gasteiger partial charge in [-0.15, -0.1) is 0 Å². The third-order valence-electron chi connectivity index (χ3n) is 8.35. The molecule has 50 heavy (non-hydrogen) atoms. The monoisotopic (exact) mass is 696 g/mol. The minimum absolute atomic E-state index is 0.130. The van der Waals surface area contributed by atoms with Crippen molar-refractivity contribution >= 4 is 46.7 Å². The molecule has 0 heterocycles. The van der Waals surface area contributed by atoms with Crippen LogP contribution in [0, 0.1) is 10.1 Å². The molecule has 13 heteroatoms. The van der Waals surface area contributed by atoms with Crippen molar-refractivity contribution in [3.05, 3.63) is 63.7 Å². The highest BCUT2D eigenvalue weighted by Gasteiger charge is 2.24. The molecule has 0 aliphatic rings. The molecule has 0 unspecified atom stereocenters. The fourth-order valence-electron chi connectivity index (χ4n) is 5.51. The second kappa shape index (κ2) is 23.5. The Hall–Kier alpha value is -4.81. The maximum absolute atomic E-state index is 13.0. The highest BCUT2D eigenvalue weighted by Crippen LogP contribution is 2.22. The average Bonchev–Trinajstić information content (AvgIpc) is 3.08. The number of carboxylic acids is 2. The maximum atomic E-state index is 13.0. The first-order chi connectivity index (χ1) is 24.0. The quantitative estimate of drug-likeness (QED) is 0.0365. The lowest BCUT2D eigenvalue weighted by molar-refractivity contribution is -0.384. The zero-order chi connectivity index (χ0) is 36.7. The fraction of sp³-hybridized carbons (Fsp3) is 0.541. The van der Waals surface area contributed by atoms with Gasteiger partial charge in [0.1, 0.15) is 6.04 Å². The van der Waals surface area contributed by atoms with E-state index in [1.807, 2.05) is 0 Å². The number of nitrogens with zero attached hydrogens (tertiary/aromatic N) is 1. The lowest BCUT2D eigenvalue weighted by atomic mass is 10.0. The van der Waals surface area contributed by atoms with Crippen molar-refractivity contribution in [1.82, 2.24) is 5.32 Å². The summed E-state index contributed by atoms with van der Waals surface area (Å²) >= 11 is 0. The second-order valence-corrected chi connectivity index (χ2v) is 12.6. The number of hydrogen-bond acceptors (Lipinski definition) is 7. The number of nitrogens with one attached hydrogen (secondary N) is 3. The number of carbonyl (C=O) groups is 5. The number of amides is 3. The number of non-ortho nitro benzene ring substituents is 1. The van der Waals surface area contributed by atoms with Gasteiger partial charge < -0.3 is 26.2 Å². The lowest BCUT2D eigenvalue weighted by Gasteiger charge is -2.18. The van der Waals surface area contributed by atoms with E-state index in [0.717, 1.165) is 37.5 Å². The Balaban J connectivity index is 1.76. The number of nitro groups is 1. The third-order valence-corrected chi connectivity index (χ3v) is 8.35. The molecule has 0 spiro atoms. The molecule has 274 valence electrons. The predicted molar refractivity (Wildman–Crippen MR) is 191 cm³/mol. The first-order valence-corrected chi connectivity index (χ1v) is 17.8. The van der Waals surface area contributed by atoms with Gasteiger partial charge in [-0.25, -0.2) is 4.79 Å². The smallest absolute Gasteiger partial charge is 0.336 e. The van der Waals surface area contributed by atoms with Crippen LogP contribution in [0.15, 0.2) is 42.5 Å². The van der Waals surface area contributed by atoms with E-state index in [4.69, 9.17) is 5.11 Å². The average molecular weight is 697 g/mol. The van der Waals surface area contributed by atoms with Crippen molar-refractivity contribution < 1.29 is 39.1 Å². The highest BCUT2D eigenvalue weighted by atomic mass is 16.6. The number of nitro benzene ring substituents is 1. The van der Waals surface area contributed by atoms with Gasteiger partial charge in [0.25, 0.3) is 11.6 Å². The van der Waals surface area contributed by atoms with Gasteiger partial charge in [0.15, 0.2) is 0 Å². The van der Waals surface area contributed by atoms with E-state index < -0.39 is 52.4 Å². The molecule has 13 nitrogen and oxygen atoms in total. The zero-order valence-corrected chi connectivity index (χ0v) is 29.0. The zero-order valence-electron chi connectivity index (χ0n) is 29.0. The number of aromatic carboxylic acids is 1. The largest absolute Gasteiger partial charge is 0.481 e. The molecule has 3 amide bonds. The molecule has 1 atom stereocenters. The van der Waals surface area contributed by atoms with E-state index in [2.05, 4.69) is 22.9 Å². The van der Waals surface area contributed by atoms with Gasteiger partial charge in [-0.05, 0) is 43.2 Å². The van der Waals surface area contributed by atoms with Crippen molar-refractivity contribution in [2.24, 2.45) is 0 Å². The lowest BCUT2D eigenvalue weighted by Crippen LogP contribution is -2.44. The second-order valence-electron chi connectivity index (χ2n) is 12.6. The van der Waals surface area contributed by atoms with E-state index in [0.29, 0.717) is 12.1 Å². The molecule has 0 saturated heterocycles. The molecule has 0 aliphatic carbocycles. The molecule has 0 aliphatic heterocycles. The Kier molecular flexibility index (Phi) is 19.5. The van der Waals surface area contributed by atoms with Gasteiger partial charge in [-0.2, -0.15) is 0 Å². The number of carbonyl (C=O) groups excluding carboxylic acids is 3. The Morgan fingerprint density at radius 3 is 1.72 bits per heavy atom. The molecule has 0 fully saturated rings. The molecule has 0 bridgehead atoms. The van der Waals surface area contributed by atoms with Crippen molar-refractivity contribution in [2.45, 2.75) is 129 Å². The third kappa shape index (κ3) is 17.0. The van der Waals surface area contributed by atoms with Crippen LogP contribution in [-0.4, -0.2) is 50.8 Å². The minimum atomic E-state index is -1.45. The van der Waals surface area contributed by atoms with Crippen LogP contribution in [0.25, 0.3) is 0 Å². The van der Waals surface area contributed by atoms with Crippen LogP contribution in [0.5, 0.6) is 0 Å². The summed E-state index contributed by atoms with van der Waals surface area (Å²) in [5, 5.41) is 37.2. The summed E-state index contributed by atoms with van der Waals surface area (Å²) in [6.45, 7) is 2.24. The topological polar surface area (TPSA) is 205 Å². The van der Waals surface area contributed by atoms with Crippen molar-refractivity contribution in [2.75, 3.05) is 10.6 Å². The van der Waals surface area contributed by atoms with Gasteiger partial charge in [-0.1, -0.05) is 96.8 Å². The van der Waals surface area contributed by atoms with Crippen LogP contribution in [0.1, 0.15) is 143 Å². The van der Waals surface area contributed by atoms with Crippen molar-refractivity contribution in [3.63, 3.8) is 0 Å². The summed E-state index contributed by atoms with van der Waals surface area (Å²) in [6, 6.07) is 7.41. The van der Waals surface area contributed by atoms with E-state index in [1.165, 1.54) is 89.2 Å². The van der Waals surface area contributed by atoms with Crippen molar-refractivity contribution in [1.29, 1.82) is 0 Å². The van der Waals surface area contributed by atoms with Crippen LogP contribution in [0.4, 0.5) is 17.1 Å². The minimum Gasteiger partial charge on any atom is -0.481 e. The summed E-state index contributed by atoms with van der Waals surface area (Å²) in [5.41, 5.74) is -0.592. The van der Waals surface area contributed by atoms with E-state index in [-0.39, 0.29) is 23.6 Å². The summed E-state index contributed by atoms with van der Waals surface area (Å²) < 4.78 is 0. The van der Waals surface area contributed by atoms with Crippen LogP contribution in [0.2, 0.25) is 0 Å². The first-order valence-electron chi connectivity index (χ1n) is 17.8. The molecular formula is C37H52N4O9. The number of rotatable bonds is 26. The van der Waals surface area contributed by atoms with Gasteiger partial charge in [0.2, 0.25) is 11.8 Å². The van der Waals surface area contributed by atoms with Gasteiger partial charge in [0, 0.05) is 41.9 Å². The van der Waals surface area contributed by atoms with E-state index in [9.17, 15) is 39.2 Å². The Labute approximate surface area is 293 Å². The molecule has 2 aromatic rings. The predicted octanol–water partition coefficient (Wildman–Crippen LogP) is 8.09. The number of carboxylic acid groups (broad SMARTS) is 2. The number of hydrogen-bond donors (Lipinski definition) is 5. The Morgan fingerprint density at radius 2 is 1.22 bits per heavy atom. The van der Waals surface area contributed by atoms with Gasteiger partial charge >= 0.3 is 11.9 Å². The number of unbranched alkanes of at least 4 members (excludes halogenated alkanes) is 14. The fourth-order valence-corrected chi connectivity index (χ4v) is 5.51. The SMILES string of the molecule is CCCCCCCCCCCCCCCCCC(=O)Nc1ccc(C(=O)N[C@H](CCC(=O)O)C(=O)Nc2cc(C(=O)O)cc([N+](=O)[O-])c2)cc1. The van der Waals surface area contributed by atoms with Crippen LogP contribution < -0.4 is 16.0 Å². The summed E-state index contributed by atoms with van der Waals surface area (Å²) in [7, 11) is 0. The first kappa shape index (κ1) is 41.4. The van der Waals surface area contributed by atoms with Crippen LogP contribution in [-0.2, 0) is 14.4 Å². The van der Waals surface area contributed by atoms with Crippen LogP contribution >= 0.6 is 0 Å². The molecule has 0 radical (unpaired) electrons. The molecule has 5 N–H and O–H groups in total. The Morgan fingerprint density at radius 1 is 0.680 bits per heavy atom. The van der Waals surface area contributed by atoms with Gasteiger partial charge in [0.05, 0.1) is 10.5 Å². The summed E-state index contributed by atoms with van der Waals surface area (Å²) in [4.78, 5) is 71.3. The molecule has 0 aromatic heterocycles. The summed E-state index contributed by atoms with van der Waals surface area (Å²) in [5.74, 6) is -4.39. The normalized spacial score (nSPS) is 11.4. The standard InChI is InChI=1S/C37H52N4O9/c1-2-3-4-5-6-7-8-9-10-11-12-13-14-15-16-17-33(42)38-29-20-18-27(19-21-29)35(45)40-32(22-23-34(43)44)36(46)39-30-24-28(37(47)48)25-31(26-30)41(49)50/h18-21,24-26,32H,2-17,22-23H2,1H3,(H,38,42)(H,39,46)(H,40,45)(H,43,44)(H,47,48)/t32-/m1/s1. The van der Waals surface area contributed by atoms with Crippen molar-refractivity contribution in [3.8, 4) is 0 Å². The molecular weight excluding hydrogens is 644 g/mol. The molecule has 2 rings (SSSR count). The molecule has 0 saturated carbocycles. The van der Waals surface area contributed by atoms with E-state index in [1.54, 1.807) is 12.1 Å².